The number of hydrogen-bond donors (Lipinski definition) is 1. The quantitative estimate of drug-likeness (QED) is 0.651. The van der Waals surface area contributed by atoms with Crippen LogP contribution in [0, 0.1) is 11.7 Å². The lowest BCUT2D eigenvalue weighted by molar-refractivity contribution is -0.141. The highest BCUT2D eigenvalue weighted by atomic mass is 19.1. The molecule has 1 unspecified atom stereocenters. The van der Waals surface area contributed by atoms with Crippen LogP contribution in [-0.4, -0.2) is 47.1 Å². The number of nitrogens with one attached hydrogen (secondary N) is 1. The van der Waals surface area contributed by atoms with E-state index < -0.39 is 5.41 Å². The maximum absolute atomic E-state index is 14.8. The van der Waals surface area contributed by atoms with E-state index in [0.29, 0.717) is 44.1 Å². The minimum Gasteiger partial charge on any atom is -0.381 e. The number of benzene rings is 1. The van der Waals surface area contributed by atoms with E-state index in [9.17, 15) is 9.18 Å². The molecule has 2 aromatic heterocycles. The number of hydrogen-bond acceptors (Lipinski definition) is 3. The molecule has 1 atom stereocenters. The van der Waals surface area contributed by atoms with Gasteiger partial charge >= 0.3 is 0 Å². The Hall–Kier alpha value is -2.73. The van der Waals surface area contributed by atoms with Crippen LogP contribution in [0.4, 0.5) is 4.39 Å². The largest absolute Gasteiger partial charge is 0.381 e. The third-order valence-corrected chi connectivity index (χ3v) is 7.24. The molecule has 168 valence electrons. The summed E-state index contributed by atoms with van der Waals surface area (Å²) in [4.78, 5) is 23.8. The number of carbonyl (C=O) groups is 1. The van der Waals surface area contributed by atoms with E-state index in [1.807, 2.05) is 23.2 Å². The van der Waals surface area contributed by atoms with Crippen molar-refractivity contribution < 1.29 is 13.9 Å². The van der Waals surface area contributed by atoms with Gasteiger partial charge in [0.25, 0.3) is 0 Å². The first kappa shape index (κ1) is 21.1. The molecule has 1 aromatic carbocycles. The van der Waals surface area contributed by atoms with Crippen LogP contribution in [0.1, 0.15) is 43.4 Å². The second-order valence-corrected chi connectivity index (χ2v) is 9.19. The SMILES string of the molecule is O=C(N1CCCC(Cc2ccc3cc[nH]c3n2)CC1)C1(c2ccccc2F)CCOCC1. The van der Waals surface area contributed by atoms with Crippen LogP contribution >= 0.6 is 0 Å². The summed E-state index contributed by atoms with van der Waals surface area (Å²) in [5, 5.41) is 1.13. The summed E-state index contributed by atoms with van der Waals surface area (Å²) in [6.07, 6.45) is 6.89. The van der Waals surface area contributed by atoms with Gasteiger partial charge in [0, 0.05) is 49.1 Å². The number of halogens is 1. The summed E-state index contributed by atoms with van der Waals surface area (Å²) in [7, 11) is 0. The van der Waals surface area contributed by atoms with Crippen LogP contribution in [0.15, 0.2) is 48.7 Å². The van der Waals surface area contributed by atoms with Gasteiger partial charge in [-0.2, -0.15) is 0 Å². The number of aromatic nitrogens is 2. The Morgan fingerprint density at radius 2 is 1.97 bits per heavy atom. The first-order valence-corrected chi connectivity index (χ1v) is 11.7. The molecule has 4 heterocycles. The molecule has 0 bridgehead atoms. The van der Waals surface area contributed by atoms with Gasteiger partial charge in [-0.1, -0.05) is 18.2 Å². The predicted octanol–water partition coefficient (Wildman–Crippen LogP) is 4.62. The number of carbonyl (C=O) groups excluding carboxylic acids is 1. The summed E-state index contributed by atoms with van der Waals surface area (Å²) in [5.74, 6) is 0.269. The van der Waals surface area contributed by atoms with Gasteiger partial charge in [0.2, 0.25) is 5.91 Å². The zero-order valence-electron chi connectivity index (χ0n) is 18.4. The molecule has 0 spiro atoms. The maximum atomic E-state index is 14.8. The minimum atomic E-state index is -0.816. The van der Waals surface area contributed by atoms with Crippen molar-refractivity contribution in [2.24, 2.45) is 5.92 Å². The standard InChI is InChI=1S/C26H30FN3O2/c27-23-6-2-1-5-22(23)26(11-16-32-17-12-26)25(31)30-14-3-4-19(10-15-30)18-21-8-7-20-9-13-28-24(20)29-21/h1-2,5-9,13,19H,3-4,10-12,14-18H2,(H,28,29). The van der Waals surface area contributed by atoms with E-state index in [1.165, 1.54) is 6.07 Å². The van der Waals surface area contributed by atoms with Crippen LogP contribution in [0.3, 0.4) is 0 Å². The number of likely N-dealkylation sites (tertiary alicyclic amines) is 1. The average Bonchev–Trinajstić information content (AvgIpc) is 3.17. The molecule has 0 aliphatic carbocycles. The van der Waals surface area contributed by atoms with E-state index in [4.69, 9.17) is 9.72 Å². The molecule has 0 saturated carbocycles. The molecule has 3 aromatic rings. The summed E-state index contributed by atoms with van der Waals surface area (Å²) < 4.78 is 20.4. The maximum Gasteiger partial charge on any atom is 0.233 e. The second-order valence-electron chi connectivity index (χ2n) is 9.19. The minimum absolute atomic E-state index is 0.0671. The normalized spacial score (nSPS) is 21.4. The van der Waals surface area contributed by atoms with Crippen molar-refractivity contribution in [2.75, 3.05) is 26.3 Å². The predicted molar refractivity (Wildman–Crippen MR) is 122 cm³/mol. The van der Waals surface area contributed by atoms with Gasteiger partial charge in [-0.15, -0.1) is 0 Å². The highest BCUT2D eigenvalue weighted by Crippen LogP contribution is 2.39. The van der Waals surface area contributed by atoms with Crippen LogP contribution in [0.25, 0.3) is 11.0 Å². The third kappa shape index (κ3) is 4.04. The Kier molecular flexibility index (Phi) is 5.96. The van der Waals surface area contributed by atoms with E-state index in [-0.39, 0.29) is 11.7 Å². The molecule has 0 radical (unpaired) electrons. The number of H-pyrrole nitrogens is 1. The topological polar surface area (TPSA) is 58.2 Å². The van der Waals surface area contributed by atoms with Crippen molar-refractivity contribution in [2.45, 2.75) is 43.9 Å². The van der Waals surface area contributed by atoms with Crippen molar-refractivity contribution >= 4 is 16.9 Å². The average molecular weight is 436 g/mol. The van der Waals surface area contributed by atoms with Crippen LogP contribution < -0.4 is 0 Å². The molecular weight excluding hydrogens is 405 g/mol. The highest BCUT2D eigenvalue weighted by molar-refractivity contribution is 5.88. The Balaban J connectivity index is 1.31. The number of amides is 1. The zero-order chi connectivity index (χ0) is 22.0. The summed E-state index contributed by atoms with van der Waals surface area (Å²) in [6.45, 7) is 2.42. The highest BCUT2D eigenvalue weighted by Gasteiger charge is 2.45. The number of pyridine rings is 1. The lowest BCUT2D eigenvalue weighted by Crippen LogP contribution is -2.50. The van der Waals surface area contributed by atoms with Gasteiger partial charge in [0.1, 0.15) is 11.5 Å². The zero-order valence-corrected chi connectivity index (χ0v) is 18.4. The first-order valence-electron chi connectivity index (χ1n) is 11.7. The number of nitrogens with zero attached hydrogens (tertiary/aromatic N) is 2. The number of ether oxygens (including phenoxy) is 1. The second kappa shape index (κ2) is 9.02. The molecule has 32 heavy (non-hydrogen) atoms. The monoisotopic (exact) mass is 435 g/mol. The molecule has 1 N–H and O–H groups in total. The van der Waals surface area contributed by atoms with Crippen molar-refractivity contribution in [3.63, 3.8) is 0 Å². The van der Waals surface area contributed by atoms with Crippen molar-refractivity contribution in [1.82, 2.24) is 14.9 Å². The van der Waals surface area contributed by atoms with Gasteiger partial charge in [-0.05, 0) is 68.7 Å². The van der Waals surface area contributed by atoms with Gasteiger partial charge < -0.3 is 14.6 Å². The lowest BCUT2D eigenvalue weighted by Gasteiger charge is -2.40. The lowest BCUT2D eigenvalue weighted by atomic mass is 9.72. The van der Waals surface area contributed by atoms with Gasteiger partial charge in [-0.3, -0.25) is 4.79 Å². The first-order chi connectivity index (χ1) is 15.7. The molecule has 5 rings (SSSR count). The van der Waals surface area contributed by atoms with Crippen molar-refractivity contribution in [3.05, 3.63) is 65.7 Å². The molecule has 1 amide bonds. The van der Waals surface area contributed by atoms with Gasteiger partial charge in [0.15, 0.2) is 0 Å². The van der Waals surface area contributed by atoms with E-state index in [0.717, 1.165) is 49.0 Å². The Bertz CT molecular complexity index is 1090. The summed E-state index contributed by atoms with van der Waals surface area (Å²) in [5.41, 5.74) is 1.73. The molecular formula is C26H30FN3O2. The molecule has 2 saturated heterocycles. The van der Waals surface area contributed by atoms with Crippen LogP contribution in [0.2, 0.25) is 0 Å². The van der Waals surface area contributed by atoms with E-state index in [1.54, 1.807) is 12.1 Å². The van der Waals surface area contributed by atoms with Crippen LogP contribution in [0.5, 0.6) is 0 Å². The molecule has 5 nitrogen and oxygen atoms in total. The Morgan fingerprint density at radius 3 is 2.81 bits per heavy atom. The number of fused-ring (bicyclic) bond motifs is 1. The Labute approximate surface area is 188 Å². The van der Waals surface area contributed by atoms with Crippen LogP contribution in [-0.2, 0) is 21.4 Å². The molecule has 2 fully saturated rings. The molecule has 2 aliphatic heterocycles. The number of rotatable bonds is 4. The van der Waals surface area contributed by atoms with E-state index >= 15 is 0 Å². The third-order valence-electron chi connectivity index (χ3n) is 7.24. The fourth-order valence-electron chi connectivity index (χ4n) is 5.42. The fraction of sp³-hybridized carbons (Fsp3) is 0.462. The molecule has 6 heteroatoms. The summed E-state index contributed by atoms with van der Waals surface area (Å²) >= 11 is 0. The molecule has 2 aliphatic rings. The number of aromatic amines is 1. The smallest absolute Gasteiger partial charge is 0.233 e. The fourth-order valence-corrected chi connectivity index (χ4v) is 5.42. The van der Waals surface area contributed by atoms with E-state index in [2.05, 4.69) is 17.1 Å². The summed E-state index contributed by atoms with van der Waals surface area (Å²) in [6, 6.07) is 13.0. The Morgan fingerprint density at radius 1 is 1.12 bits per heavy atom. The van der Waals surface area contributed by atoms with Gasteiger partial charge in [-0.25, -0.2) is 9.37 Å². The van der Waals surface area contributed by atoms with Crippen molar-refractivity contribution in [3.8, 4) is 0 Å². The van der Waals surface area contributed by atoms with Gasteiger partial charge in [0.05, 0.1) is 5.41 Å². The van der Waals surface area contributed by atoms with Crippen molar-refractivity contribution in [1.29, 1.82) is 0 Å².